The Kier molecular flexibility index (Phi) is 4.80. The normalized spacial score (nSPS) is 12.2. The Labute approximate surface area is 164 Å². The Hall–Kier alpha value is -2.88. The molecular weight excluding hydrogens is 406 g/mol. The lowest BCUT2D eigenvalue weighted by molar-refractivity contribution is 0.0945. The largest absolute Gasteiger partial charge is 0.491 e. The van der Waals surface area contributed by atoms with Crippen molar-refractivity contribution in [2.75, 3.05) is 6.61 Å². The molecule has 0 aliphatic carbocycles. The van der Waals surface area contributed by atoms with Gasteiger partial charge in [-0.25, -0.2) is 4.98 Å². The molecule has 0 bridgehead atoms. The zero-order valence-corrected chi connectivity index (χ0v) is 15.9. The predicted molar refractivity (Wildman–Crippen MR) is 108 cm³/mol. The molecule has 2 aromatic carbocycles. The topological polar surface area (TPSA) is 71.1 Å². The number of ether oxygens (including phenoxy) is 1. The standard InChI is InChI=1S/C21H16BrN3O2/c22-14-6-7-20-18(8-14)19-9-15(10-23)24-11-21(19)25(20)12-16(26)13-27-17-4-2-1-3-5-17/h1-9,11,16,26H,12-13H2. The van der Waals surface area contributed by atoms with Crippen molar-refractivity contribution in [3.8, 4) is 11.8 Å². The lowest BCUT2D eigenvalue weighted by atomic mass is 10.2. The van der Waals surface area contributed by atoms with Crippen LogP contribution in [0.4, 0.5) is 0 Å². The molecule has 6 heteroatoms. The van der Waals surface area contributed by atoms with Crippen LogP contribution in [0.25, 0.3) is 21.8 Å². The fraction of sp³-hybridized carbons (Fsp3) is 0.143. The van der Waals surface area contributed by atoms with Crippen molar-refractivity contribution >= 4 is 37.7 Å². The Morgan fingerprint density at radius 2 is 1.89 bits per heavy atom. The molecule has 1 N–H and O–H groups in total. The molecule has 0 saturated carbocycles. The Morgan fingerprint density at radius 1 is 1.11 bits per heavy atom. The highest BCUT2D eigenvalue weighted by atomic mass is 79.9. The van der Waals surface area contributed by atoms with Crippen LogP contribution >= 0.6 is 15.9 Å². The molecule has 2 aromatic heterocycles. The number of hydrogen-bond acceptors (Lipinski definition) is 4. The van der Waals surface area contributed by atoms with E-state index in [4.69, 9.17) is 10.00 Å². The molecule has 0 fully saturated rings. The third-order valence-electron chi connectivity index (χ3n) is 4.41. The van der Waals surface area contributed by atoms with Gasteiger partial charge in [-0.3, -0.25) is 0 Å². The van der Waals surface area contributed by atoms with E-state index in [1.807, 2.05) is 53.1 Å². The first-order valence-electron chi connectivity index (χ1n) is 8.49. The summed E-state index contributed by atoms with van der Waals surface area (Å²) in [6.45, 7) is 0.549. The van der Waals surface area contributed by atoms with Crippen molar-refractivity contribution in [1.29, 1.82) is 5.26 Å². The second-order valence-electron chi connectivity index (χ2n) is 6.25. The van der Waals surface area contributed by atoms with Crippen LogP contribution < -0.4 is 4.74 Å². The van der Waals surface area contributed by atoms with Crippen LogP contribution in [0.3, 0.4) is 0 Å². The number of aromatic nitrogens is 2. The number of pyridine rings is 1. The van der Waals surface area contributed by atoms with Crippen molar-refractivity contribution < 1.29 is 9.84 Å². The number of nitrogens with zero attached hydrogens (tertiary/aromatic N) is 3. The van der Waals surface area contributed by atoms with E-state index >= 15 is 0 Å². The average Bonchev–Trinajstić information content (AvgIpc) is 2.99. The number of para-hydroxylation sites is 1. The van der Waals surface area contributed by atoms with Crippen LogP contribution in [0.2, 0.25) is 0 Å². The van der Waals surface area contributed by atoms with Gasteiger partial charge >= 0.3 is 0 Å². The van der Waals surface area contributed by atoms with Gasteiger partial charge in [-0.2, -0.15) is 5.26 Å². The third-order valence-corrected chi connectivity index (χ3v) is 4.90. The zero-order valence-electron chi connectivity index (χ0n) is 14.3. The molecule has 1 unspecified atom stereocenters. The average molecular weight is 422 g/mol. The maximum atomic E-state index is 10.5. The van der Waals surface area contributed by atoms with Crippen LogP contribution in [0.15, 0.2) is 65.3 Å². The molecule has 0 amide bonds. The SMILES string of the molecule is N#Cc1cc2c3cc(Br)ccc3n(CC(O)COc3ccccc3)c2cn1. The molecule has 0 aliphatic heterocycles. The molecule has 0 spiro atoms. The molecule has 1 atom stereocenters. The molecule has 2 heterocycles. The fourth-order valence-corrected chi connectivity index (χ4v) is 3.56. The van der Waals surface area contributed by atoms with Crippen LogP contribution in [0.1, 0.15) is 5.69 Å². The van der Waals surface area contributed by atoms with Crippen molar-refractivity contribution in [2.24, 2.45) is 0 Å². The highest BCUT2D eigenvalue weighted by Crippen LogP contribution is 2.31. The second kappa shape index (κ2) is 7.39. The Morgan fingerprint density at radius 3 is 2.67 bits per heavy atom. The lowest BCUT2D eigenvalue weighted by Crippen LogP contribution is -2.23. The molecule has 0 saturated heterocycles. The van der Waals surface area contributed by atoms with E-state index in [-0.39, 0.29) is 6.61 Å². The van der Waals surface area contributed by atoms with Crippen molar-refractivity contribution in [3.63, 3.8) is 0 Å². The number of fused-ring (bicyclic) bond motifs is 3. The van der Waals surface area contributed by atoms with Gasteiger partial charge in [0.1, 0.15) is 30.2 Å². The molecule has 27 heavy (non-hydrogen) atoms. The third kappa shape index (κ3) is 3.52. The van der Waals surface area contributed by atoms with Gasteiger partial charge in [0.05, 0.1) is 18.3 Å². The van der Waals surface area contributed by atoms with Gasteiger partial charge < -0.3 is 14.4 Å². The highest BCUT2D eigenvalue weighted by molar-refractivity contribution is 9.10. The number of benzene rings is 2. The maximum Gasteiger partial charge on any atom is 0.141 e. The Bertz CT molecular complexity index is 1150. The predicted octanol–water partition coefficient (Wildman–Crippen LogP) is 4.26. The number of hydrogen-bond donors (Lipinski definition) is 1. The van der Waals surface area contributed by atoms with Crippen molar-refractivity contribution in [3.05, 3.63) is 71.0 Å². The molecule has 134 valence electrons. The van der Waals surface area contributed by atoms with Gasteiger partial charge in [-0.05, 0) is 36.4 Å². The summed E-state index contributed by atoms with van der Waals surface area (Å²) in [5.41, 5.74) is 2.22. The summed E-state index contributed by atoms with van der Waals surface area (Å²) in [6.07, 6.45) is 0.996. The minimum absolute atomic E-state index is 0.186. The fourth-order valence-electron chi connectivity index (χ4n) is 3.20. The van der Waals surface area contributed by atoms with Crippen molar-refractivity contribution in [2.45, 2.75) is 12.6 Å². The summed E-state index contributed by atoms with van der Waals surface area (Å²) in [6, 6.07) is 19.3. The van der Waals surface area contributed by atoms with Crippen molar-refractivity contribution in [1.82, 2.24) is 9.55 Å². The van der Waals surface area contributed by atoms with E-state index in [1.165, 1.54) is 0 Å². The summed E-state index contributed by atoms with van der Waals surface area (Å²) >= 11 is 3.51. The minimum atomic E-state index is -0.691. The van der Waals surface area contributed by atoms with Gasteiger partial charge in [0.15, 0.2) is 0 Å². The molecule has 4 rings (SSSR count). The van der Waals surface area contributed by atoms with E-state index < -0.39 is 6.10 Å². The first kappa shape index (κ1) is 17.5. The van der Waals surface area contributed by atoms with Gasteiger partial charge in [0, 0.05) is 20.8 Å². The van der Waals surface area contributed by atoms with E-state index in [0.29, 0.717) is 12.2 Å². The summed E-state index contributed by atoms with van der Waals surface area (Å²) in [4.78, 5) is 4.20. The first-order valence-corrected chi connectivity index (χ1v) is 9.28. The highest BCUT2D eigenvalue weighted by Gasteiger charge is 2.15. The number of nitriles is 1. The van der Waals surface area contributed by atoms with Crippen LogP contribution in [0, 0.1) is 11.3 Å². The molecule has 4 aromatic rings. The number of aliphatic hydroxyl groups excluding tert-OH is 1. The minimum Gasteiger partial charge on any atom is -0.491 e. The second-order valence-corrected chi connectivity index (χ2v) is 7.16. The molecular formula is C21H16BrN3O2. The molecule has 5 nitrogen and oxygen atoms in total. The van der Waals surface area contributed by atoms with E-state index in [0.717, 1.165) is 32.0 Å². The van der Waals surface area contributed by atoms with Crippen LogP contribution in [-0.2, 0) is 6.54 Å². The zero-order chi connectivity index (χ0) is 18.8. The monoisotopic (exact) mass is 421 g/mol. The smallest absolute Gasteiger partial charge is 0.141 e. The van der Waals surface area contributed by atoms with E-state index in [2.05, 4.69) is 27.0 Å². The molecule has 0 radical (unpaired) electrons. The number of rotatable bonds is 5. The van der Waals surface area contributed by atoms with Gasteiger partial charge in [-0.15, -0.1) is 0 Å². The lowest BCUT2D eigenvalue weighted by Gasteiger charge is -2.15. The summed E-state index contributed by atoms with van der Waals surface area (Å²) in [5.74, 6) is 0.725. The van der Waals surface area contributed by atoms with Gasteiger partial charge in [0.2, 0.25) is 0 Å². The van der Waals surface area contributed by atoms with Gasteiger partial charge in [0.25, 0.3) is 0 Å². The van der Waals surface area contributed by atoms with Gasteiger partial charge in [-0.1, -0.05) is 34.1 Å². The van der Waals surface area contributed by atoms with E-state index in [1.54, 1.807) is 12.3 Å². The summed E-state index contributed by atoms with van der Waals surface area (Å²) < 4.78 is 8.64. The van der Waals surface area contributed by atoms with E-state index in [9.17, 15) is 5.11 Å². The number of halogens is 1. The Balaban J connectivity index is 1.68. The van der Waals surface area contributed by atoms with Crippen LogP contribution in [-0.4, -0.2) is 27.4 Å². The first-order chi connectivity index (χ1) is 13.2. The van der Waals surface area contributed by atoms with Crippen LogP contribution in [0.5, 0.6) is 5.75 Å². The quantitative estimate of drug-likeness (QED) is 0.522. The maximum absolute atomic E-state index is 10.5. The molecule has 0 aliphatic rings. The summed E-state index contributed by atoms with van der Waals surface area (Å²) in [7, 11) is 0. The number of aliphatic hydroxyl groups is 1. The summed E-state index contributed by atoms with van der Waals surface area (Å²) in [5, 5.41) is 21.6.